The first-order valence-corrected chi connectivity index (χ1v) is 5.96. The molecule has 3 atom stereocenters. The van der Waals surface area contributed by atoms with Gasteiger partial charge in [-0.15, -0.1) is 4.52 Å². The molecule has 0 aliphatic heterocycles. The van der Waals surface area contributed by atoms with E-state index >= 15 is 0 Å². The van der Waals surface area contributed by atoms with Crippen molar-refractivity contribution in [3.63, 3.8) is 0 Å². The minimum Gasteiger partial charge on any atom is -0.469 e. The quantitative estimate of drug-likeness (QED) is 0.510. The number of hydrogen-bond acceptors (Lipinski definition) is 4. The van der Waals surface area contributed by atoms with Crippen molar-refractivity contribution in [1.82, 2.24) is 0 Å². The summed E-state index contributed by atoms with van der Waals surface area (Å²) in [5, 5.41) is 0. The largest absolute Gasteiger partial charge is 0.511 e. The van der Waals surface area contributed by atoms with Crippen molar-refractivity contribution in [2.24, 2.45) is 5.92 Å². The average Bonchev–Trinajstić information content (AvgIpc) is 2.22. The molecule has 0 heterocycles. The van der Waals surface area contributed by atoms with E-state index in [1.807, 2.05) is 6.92 Å². The molecule has 0 rings (SSSR count). The van der Waals surface area contributed by atoms with Crippen molar-refractivity contribution in [3.05, 3.63) is 0 Å². The molecule has 0 aliphatic rings. The average molecular weight is 221 g/mol. The fourth-order valence-corrected chi connectivity index (χ4v) is 1.95. The van der Waals surface area contributed by atoms with Crippen LogP contribution in [-0.4, -0.2) is 25.3 Å². The van der Waals surface area contributed by atoms with Gasteiger partial charge in [0.2, 0.25) is 0 Å². The first kappa shape index (κ1) is 13.5. The highest BCUT2D eigenvalue weighted by atomic mass is 31.1. The molecule has 0 N–H and O–H groups in total. The maximum Gasteiger partial charge on any atom is 0.511 e. The molecule has 0 bridgehead atoms. The van der Waals surface area contributed by atoms with Crippen LogP contribution in [0.25, 0.3) is 0 Å². The number of rotatable bonds is 6. The molecule has 0 aromatic rings. The van der Waals surface area contributed by atoms with Crippen LogP contribution < -0.4 is 0 Å². The van der Waals surface area contributed by atoms with Gasteiger partial charge in [0, 0.05) is 0 Å². The topological polar surface area (TPSA) is 52.6 Å². The van der Waals surface area contributed by atoms with Crippen LogP contribution in [0.1, 0.15) is 27.2 Å². The molecule has 0 spiro atoms. The predicted octanol–water partition coefficient (Wildman–Crippen LogP) is 2.35. The minimum absolute atomic E-state index is 0.302. The maximum atomic E-state index is 11.5. The molecule has 3 unspecified atom stereocenters. The van der Waals surface area contributed by atoms with Gasteiger partial charge in [-0.2, -0.15) is 0 Å². The van der Waals surface area contributed by atoms with Gasteiger partial charge < -0.3 is 4.74 Å². The van der Waals surface area contributed by atoms with E-state index in [2.05, 4.69) is 4.74 Å². The highest BCUT2D eigenvalue weighted by Crippen LogP contribution is 2.34. The second kappa shape index (κ2) is 6.91. The molecule has 82 valence electrons. The molecule has 5 heteroatoms. The number of carbonyl (C=O) groups excluding carboxylic acids is 1. The van der Waals surface area contributed by atoms with Crippen LogP contribution >= 0.6 is 8.03 Å². The van der Waals surface area contributed by atoms with Crippen LogP contribution in [0, 0.1) is 5.92 Å². The van der Waals surface area contributed by atoms with E-state index in [9.17, 15) is 9.36 Å². The molecule has 0 aliphatic carbocycles. The fourth-order valence-electron chi connectivity index (χ4n) is 0.864. The molecule has 0 aromatic heterocycles. The zero-order valence-electron chi connectivity index (χ0n) is 9.15. The van der Waals surface area contributed by atoms with Gasteiger partial charge in [-0.3, -0.25) is 4.79 Å². The second-order valence-corrected chi connectivity index (χ2v) is 4.81. The minimum atomic E-state index is -1.78. The van der Waals surface area contributed by atoms with Crippen molar-refractivity contribution in [2.75, 3.05) is 13.7 Å². The lowest BCUT2D eigenvalue weighted by molar-refractivity contribution is -0.144. The number of methoxy groups -OCH3 is 1. The summed E-state index contributed by atoms with van der Waals surface area (Å²) >= 11 is 0. The molecule has 0 saturated heterocycles. The Kier molecular flexibility index (Phi) is 6.67. The van der Waals surface area contributed by atoms with E-state index < -0.39 is 8.03 Å². The third kappa shape index (κ3) is 4.16. The second-order valence-electron chi connectivity index (χ2n) is 3.17. The fraction of sp³-hybridized carbons (Fsp3) is 0.889. The number of ether oxygens (including phenoxy) is 1. The zero-order chi connectivity index (χ0) is 11.1. The van der Waals surface area contributed by atoms with Gasteiger partial charge in [0.15, 0.2) is 5.66 Å². The molecule has 0 radical (unpaired) electrons. The first-order valence-electron chi connectivity index (χ1n) is 4.71. The monoisotopic (exact) mass is 221 g/mol. The molecular weight excluding hydrogens is 203 g/mol. The Hall–Kier alpha value is -0.470. The van der Waals surface area contributed by atoms with Crippen LogP contribution in [-0.2, 0) is 18.6 Å². The molecule has 0 fully saturated rings. The van der Waals surface area contributed by atoms with Gasteiger partial charge in [-0.05, 0) is 24.8 Å². The number of hydrogen-bond donors (Lipinski definition) is 0. The normalized spacial score (nSPS) is 15.9. The smallest absolute Gasteiger partial charge is 0.469 e. The zero-order valence-corrected chi connectivity index (χ0v) is 10.0. The summed E-state index contributed by atoms with van der Waals surface area (Å²) in [4.78, 5) is 11.1. The van der Waals surface area contributed by atoms with Gasteiger partial charge in [0.25, 0.3) is 0 Å². The highest BCUT2D eigenvalue weighted by molar-refractivity contribution is 7.40. The molecule has 14 heavy (non-hydrogen) atoms. The molecule has 0 aromatic carbocycles. The van der Waals surface area contributed by atoms with Gasteiger partial charge in [0.1, 0.15) is 12.5 Å². The van der Waals surface area contributed by atoms with Gasteiger partial charge >= 0.3 is 14.0 Å². The van der Waals surface area contributed by atoms with E-state index in [-0.39, 0.29) is 17.5 Å². The summed E-state index contributed by atoms with van der Waals surface area (Å²) in [5.41, 5.74) is -0.302. The summed E-state index contributed by atoms with van der Waals surface area (Å²) in [6, 6.07) is 0. The van der Waals surface area contributed by atoms with E-state index in [1.54, 1.807) is 13.8 Å². The van der Waals surface area contributed by atoms with E-state index in [4.69, 9.17) is 4.52 Å². The van der Waals surface area contributed by atoms with Crippen molar-refractivity contribution in [1.29, 1.82) is 0 Å². The number of esters is 1. The van der Waals surface area contributed by atoms with Crippen LogP contribution in [0.15, 0.2) is 0 Å². The molecular formula is C9H18O4P+. The Morgan fingerprint density at radius 2 is 2.00 bits per heavy atom. The standard InChI is InChI=1S/C9H18O4P/c1-5-6-13-14(11)8(3)7(2)9(10)12-4/h7-8H,5-6H2,1-4H3/q+1. The van der Waals surface area contributed by atoms with Crippen molar-refractivity contribution < 1.29 is 18.6 Å². The van der Waals surface area contributed by atoms with Crippen LogP contribution in [0.5, 0.6) is 0 Å². The summed E-state index contributed by atoms with van der Waals surface area (Å²) in [7, 11) is -0.451. The molecule has 0 saturated carbocycles. The molecule has 4 nitrogen and oxygen atoms in total. The number of carbonyl (C=O) groups is 1. The van der Waals surface area contributed by atoms with Gasteiger partial charge in [-0.1, -0.05) is 6.92 Å². The first-order chi connectivity index (χ1) is 6.54. The van der Waals surface area contributed by atoms with E-state index in [0.29, 0.717) is 6.61 Å². The maximum absolute atomic E-state index is 11.5. The lowest BCUT2D eigenvalue weighted by atomic mass is 10.1. The van der Waals surface area contributed by atoms with Crippen molar-refractivity contribution in [2.45, 2.75) is 32.9 Å². The Morgan fingerprint density at radius 1 is 1.43 bits per heavy atom. The van der Waals surface area contributed by atoms with Gasteiger partial charge in [0.05, 0.1) is 7.11 Å². The summed E-state index contributed by atoms with van der Waals surface area (Å²) in [6.07, 6.45) is 0.820. The van der Waals surface area contributed by atoms with Gasteiger partial charge in [-0.25, -0.2) is 0 Å². The third-order valence-electron chi connectivity index (χ3n) is 2.05. The Balaban J connectivity index is 4.10. The van der Waals surface area contributed by atoms with Crippen LogP contribution in [0.4, 0.5) is 0 Å². The Bertz CT molecular complexity index is 205. The van der Waals surface area contributed by atoms with Crippen molar-refractivity contribution in [3.8, 4) is 0 Å². The third-order valence-corrected chi connectivity index (χ3v) is 3.60. The van der Waals surface area contributed by atoms with Crippen LogP contribution in [0.2, 0.25) is 0 Å². The molecule has 0 amide bonds. The summed E-state index contributed by atoms with van der Waals surface area (Å²) < 4.78 is 21.1. The predicted molar refractivity (Wildman–Crippen MR) is 54.5 cm³/mol. The van der Waals surface area contributed by atoms with Crippen LogP contribution in [0.3, 0.4) is 0 Å². The lowest BCUT2D eigenvalue weighted by Crippen LogP contribution is -2.22. The SMILES string of the molecule is CCCO[P+](=O)C(C)C(C)C(=O)OC. The Morgan fingerprint density at radius 3 is 2.43 bits per heavy atom. The highest BCUT2D eigenvalue weighted by Gasteiger charge is 2.37. The summed E-state index contributed by atoms with van der Waals surface area (Å²) in [6.45, 7) is 5.83. The Labute approximate surface area is 85.8 Å². The van der Waals surface area contributed by atoms with Crippen molar-refractivity contribution >= 4 is 14.0 Å². The summed E-state index contributed by atoms with van der Waals surface area (Å²) in [5.74, 6) is -0.735. The van der Waals surface area contributed by atoms with E-state index in [0.717, 1.165) is 6.42 Å². The lowest BCUT2D eigenvalue weighted by Gasteiger charge is -2.07. The van der Waals surface area contributed by atoms with E-state index in [1.165, 1.54) is 7.11 Å².